The van der Waals surface area contributed by atoms with Crippen LogP contribution in [0.3, 0.4) is 0 Å². The normalized spacial score (nSPS) is 16.8. The van der Waals surface area contributed by atoms with Gasteiger partial charge in [0.1, 0.15) is 17.6 Å². The second-order valence-corrected chi connectivity index (χ2v) is 10.2. The van der Waals surface area contributed by atoms with Crippen molar-refractivity contribution in [1.29, 1.82) is 0 Å². The molecule has 38 heavy (non-hydrogen) atoms. The highest BCUT2D eigenvalue weighted by molar-refractivity contribution is 5.93. The number of anilines is 1. The van der Waals surface area contributed by atoms with Crippen molar-refractivity contribution < 1.29 is 19.4 Å². The SMILES string of the molecule is O=C(O)c1ccc(NC(=O)C(CC2CCCC2)n2ncc(Oc3ccccc3C3CCCC3)cc2=O)nc1. The molecule has 9 heteroatoms. The van der Waals surface area contributed by atoms with Gasteiger partial charge in [-0.25, -0.2) is 14.5 Å². The topological polar surface area (TPSA) is 123 Å². The van der Waals surface area contributed by atoms with Crippen molar-refractivity contribution in [3.05, 3.63) is 76.3 Å². The van der Waals surface area contributed by atoms with Gasteiger partial charge in [-0.05, 0) is 54.9 Å². The molecule has 2 fully saturated rings. The van der Waals surface area contributed by atoms with Crippen molar-refractivity contribution in [2.24, 2.45) is 5.92 Å². The molecule has 0 spiro atoms. The molecule has 2 N–H and O–H groups in total. The Kier molecular flexibility index (Phi) is 7.81. The number of rotatable bonds is 9. The highest BCUT2D eigenvalue weighted by Crippen LogP contribution is 2.40. The van der Waals surface area contributed by atoms with E-state index >= 15 is 0 Å². The number of pyridine rings is 1. The summed E-state index contributed by atoms with van der Waals surface area (Å²) in [5.74, 6) is 0.541. The molecular formula is C29H32N4O5. The Labute approximate surface area is 220 Å². The Balaban J connectivity index is 1.37. The average Bonchev–Trinajstić information content (AvgIpc) is 3.63. The average molecular weight is 517 g/mol. The largest absolute Gasteiger partial charge is 0.478 e. The molecule has 0 aliphatic heterocycles. The van der Waals surface area contributed by atoms with Crippen molar-refractivity contribution in [1.82, 2.24) is 14.8 Å². The number of carboxylic acids is 1. The standard InChI is InChI=1S/C29H32N4O5/c34-27-16-22(38-25-12-6-5-11-23(25)20-9-3-4-10-20)18-31-33(27)24(15-19-7-1-2-8-19)28(35)32-26-14-13-21(17-30-26)29(36)37/h5-6,11-14,16-20,24H,1-4,7-10,15H2,(H,36,37)(H,30,32,35). The number of nitrogens with one attached hydrogen (secondary N) is 1. The van der Waals surface area contributed by atoms with Crippen molar-refractivity contribution in [2.45, 2.75) is 69.7 Å². The lowest BCUT2D eigenvalue weighted by atomic mass is 9.97. The summed E-state index contributed by atoms with van der Waals surface area (Å²) in [6.45, 7) is 0. The summed E-state index contributed by atoms with van der Waals surface area (Å²) >= 11 is 0. The molecule has 2 aliphatic rings. The molecule has 1 atom stereocenters. The fraction of sp³-hybridized carbons (Fsp3) is 0.414. The van der Waals surface area contributed by atoms with Gasteiger partial charge in [-0.15, -0.1) is 0 Å². The maximum Gasteiger partial charge on any atom is 0.337 e. The Morgan fingerprint density at radius 3 is 2.45 bits per heavy atom. The number of nitrogens with zero attached hydrogens (tertiary/aromatic N) is 3. The van der Waals surface area contributed by atoms with E-state index in [-0.39, 0.29) is 11.4 Å². The van der Waals surface area contributed by atoms with Crippen LogP contribution in [0.5, 0.6) is 11.5 Å². The van der Waals surface area contributed by atoms with Crippen molar-refractivity contribution in [3.8, 4) is 11.5 Å². The van der Waals surface area contributed by atoms with Crippen molar-refractivity contribution in [2.75, 3.05) is 5.32 Å². The Bertz CT molecular complexity index is 1340. The molecule has 1 amide bonds. The van der Waals surface area contributed by atoms with Gasteiger partial charge in [-0.2, -0.15) is 5.10 Å². The highest BCUT2D eigenvalue weighted by atomic mass is 16.5. The van der Waals surface area contributed by atoms with Crippen LogP contribution in [-0.2, 0) is 4.79 Å². The first-order valence-electron chi connectivity index (χ1n) is 13.3. The van der Waals surface area contributed by atoms with E-state index in [4.69, 9.17) is 9.84 Å². The molecule has 2 saturated carbocycles. The lowest BCUT2D eigenvalue weighted by Crippen LogP contribution is -2.36. The molecule has 1 unspecified atom stereocenters. The van der Waals surface area contributed by atoms with Crippen molar-refractivity contribution in [3.63, 3.8) is 0 Å². The van der Waals surface area contributed by atoms with Gasteiger partial charge in [0.15, 0.2) is 5.75 Å². The summed E-state index contributed by atoms with van der Waals surface area (Å²) < 4.78 is 7.34. The number of carboxylic acid groups (broad SMARTS) is 1. The maximum atomic E-state index is 13.3. The van der Waals surface area contributed by atoms with Gasteiger partial charge >= 0.3 is 5.97 Å². The summed E-state index contributed by atoms with van der Waals surface area (Å²) in [5, 5.41) is 16.2. The van der Waals surface area contributed by atoms with E-state index in [2.05, 4.69) is 21.5 Å². The predicted molar refractivity (Wildman–Crippen MR) is 142 cm³/mol. The molecule has 0 saturated heterocycles. The Hall–Kier alpha value is -4.01. The number of hydrogen-bond acceptors (Lipinski definition) is 6. The van der Waals surface area contributed by atoms with Crippen LogP contribution in [0.1, 0.15) is 85.7 Å². The Morgan fingerprint density at radius 2 is 1.76 bits per heavy atom. The quantitative estimate of drug-likeness (QED) is 0.382. The van der Waals surface area contributed by atoms with Gasteiger partial charge in [0.2, 0.25) is 0 Å². The summed E-state index contributed by atoms with van der Waals surface area (Å²) in [4.78, 5) is 41.7. The number of aromatic carboxylic acids is 1. The number of hydrogen-bond donors (Lipinski definition) is 2. The van der Waals surface area contributed by atoms with E-state index in [1.165, 1.54) is 48.1 Å². The minimum atomic E-state index is -1.10. The molecular weight excluding hydrogens is 484 g/mol. The third-order valence-electron chi connectivity index (χ3n) is 7.63. The predicted octanol–water partition coefficient (Wildman–Crippen LogP) is 5.55. The molecule has 2 heterocycles. The van der Waals surface area contributed by atoms with Crippen LogP contribution in [0, 0.1) is 5.92 Å². The molecule has 5 rings (SSSR count). The van der Waals surface area contributed by atoms with Gasteiger partial charge in [0, 0.05) is 12.3 Å². The smallest absolute Gasteiger partial charge is 0.337 e. The van der Waals surface area contributed by atoms with E-state index < -0.39 is 23.5 Å². The summed E-state index contributed by atoms with van der Waals surface area (Å²) in [6, 6.07) is 11.3. The van der Waals surface area contributed by atoms with E-state index in [9.17, 15) is 14.4 Å². The molecule has 2 aliphatic carbocycles. The second-order valence-electron chi connectivity index (χ2n) is 10.2. The van der Waals surface area contributed by atoms with Gasteiger partial charge in [0.05, 0.1) is 11.8 Å². The fourth-order valence-electron chi connectivity index (χ4n) is 5.65. The van der Waals surface area contributed by atoms with E-state index in [0.29, 0.717) is 24.0 Å². The first kappa shape index (κ1) is 25.6. The van der Waals surface area contributed by atoms with Crippen LogP contribution < -0.4 is 15.6 Å². The van der Waals surface area contributed by atoms with Crippen LogP contribution in [-0.4, -0.2) is 31.7 Å². The molecule has 198 valence electrons. The maximum absolute atomic E-state index is 13.3. The number of carbonyl (C=O) groups is 2. The second kappa shape index (κ2) is 11.6. The third kappa shape index (κ3) is 5.93. The monoisotopic (exact) mass is 516 g/mol. The number of amides is 1. The first-order valence-corrected chi connectivity index (χ1v) is 13.3. The third-order valence-corrected chi connectivity index (χ3v) is 7.63. The molecule has 2 aromatic heterocycles. The Morgan fingerprint density at radius 1 is 1.03 bits per heavy atom. The van der Waals surface area contributed by atoms with Crippen LogP contribution in [0.2, 0.25) is 0 Å². The molecule has 0 radical (unpaired) electrons. The lowest BCUT2D eigenvalue weighted by molar-refractivity contribution is -0.120. The van der Waals surface area contributed by atoms with Crippen LogP contribution in [0.4, 0.5) is 5.82 Å². The van der Waals surface area contributed by atoms with Crippen molar-refractivity contribution >= 4 is 17.7 Å². The summed E-state index contributed by atoms with van der Waals surface area (Å²) in [5.41, 5.74) is 0.746. The number of ether oxygens (including phenoxy) is 1. The molecule has 3 aromatic rings. The number of carbonyl (C=O) groups excluding carboxylic acids is 1. The zero-order chi connectivity index (χ0) is 26.5. The van der Waals surface area contributed by atoms with Gasteiger partial charge in [0.25, 0.3) is 11.5 Å². The highest BCUT2D eigenvalue weighted by Gasteiger charge is 2.29. The minimum absolute atomic E-state index is 0.0217. The van der Waals surface area contributed by atoms with Gasteiger partial charge < -0.3 is 15.2 Å². The minimum Gasteiger partial charge on any atom is -0.478 e. The number of aromatic nitrogens is 3. The molecule has 9 nitrogen and oxygen atoms in total. The molecule has 0 bridgehead atoms. The molecule has 1 aromatic carbocycles. The number of benzene rings is 1. The zero-order valence-electron chi connectivity index (χ0n) is 21.2. The van der Waals surface area contributed by atoms with E-state index in [1.54, 1.807) is 0 Å². The zero-order valence-corrected chi connectivity index (χ0v) is 21.2. The summed E-state index contributed by atoms with van der Waals surface area (Å²) in [7, 11) is 0. The lowest BCUT2D eigenvalue weighted by Gasteiger charge is -2.21. The van der Waals surface area contributed by atoms with Gasteiger partial charge in [-0.3, -0.25) is 9.59 Å². The van der Waals surface area contributed by atoms with Crippen LogP contribution in [0.15, 0.2) is 59.7 Å². The van der Waals surface area contributed by atoms with E-state index in [1.807, 2.05) is 18.2 Å². The fourth-order valence-corrected chi connectivity index (χ4v) is 5.65. The van der Waals surface area contributed by atoms with E-state index in [0.717, 1.165) is 49.8 Å². The first-order chi connectivity index (χ1) is 18.5. The summed E-state index contributed by atoms with van der Waals surface area (Å²) in [6.07, 6.45) is 12.0. The van der Waals surface area contributed by atoms with Crippen LogP contribution >= 0.6 is 0 Å². The van der Waals surface area contributed by atoms with Crippen LogP contribution in [0.25, 0.3) is 0 Å². The number of para-hydroxylation sites is 1. The van der Waals surface area contributed by atoms with Gasteiger partial charge in [-0.1, -0.05) is 56.7 Å².